The molecule has 0 amide bonds. The summed E-state index contributed by atoms with van der Waals surface area (Å²) in [4.78, 5) is 2.60. The molecule has 0 spiro atoms. The van der Waals surface area contributed by atoms with E-state index in [0.717, 1.165) is 19.0 Å². The second-order valence-electron chi connectivity index (χ2n) is 5.59. The Morgan fingerprint density at radius 2 is 2.06 bits per heavy atom. The summed E-state index contributed by atoms with van der Waals surface area (Å²) < 4.78 is 13.0. The van der Waals surface area contributed by atoms with Crippen molar-refractivity contribution in [1.82, 2.24) is 10.2 Å². The van der Waals surface area contributed by atoms with Crippen molar-refractivity contribution in [2.24, 2.45) is 5.92 Å². The molecule has 1 aromatic carbocycles. The fraction of sp³-hybridized carbons (Fsp3) is 0.600. The lowest BCUT2D eigenvalue weighted by Crippen LogP contribution is -2.46. The van der Waals surface area contributed by atoms with Crippen LogP contribution in [0.5, 0.6) is 0 Å². The minimum Gasteiger partial charge on any atom is -0.315 e. The monoisotopic (exact) mass is 248 g/mol. The molecule has 1 N–H and O–H groups in total. The first-order chi connectivity index (χ1) is 8.75. The second kappa shape index (κ2) is 4.98. The maximum Gasteiger partial charge on any atom is 0.123 e. The average Bonchev–Trinajstić information content (AvgIpc) is 2.87. The molecule has 3 heteroatoms. The van der Waals surface area contributed by atoms with Gasteiger partial charge in [-0.15, -0.1) is 0 Å². The van der Waals surface area contributed by atoms with Gasteiger partial charge < -0.3 is 5.32 Å². The highest BCUT2D eigenvalue weighted by Gasteiger charge is 2.37. The number of likely N-dealkylation sites (tertiary alicyclic amines) is 1. The van der Waals surface area contributed by atoms with Crippen molar-refractivity contribution in [1.29, 1.82) is 0 Å². The summed E-state index contributed by atoms with van der Waals surface area (Å²) in [6.45, 7) is 5.68. The fourth-order valence-electron chi connectivity index (χ4n) is 3.52. The van der Waals surface area contributed by atoms with E-state index >= 15 is 0 Å². The Morgan fingerprint density at radius 3 is 2.83 bits per heavy atom. The SMILES string of the molecule is CC(c1ccc(F)cc1)N1CCCC2CNCC21. The van der Waals surface area contributed by atoms with Crippen molar-refractivity contribution < 1.29 is 4.39 Å². The zero-order valence-corrected chi connectivity index (χ0v) is 10.9. The molecular formula is C15H21FN2. The van der Waals surface area contributed by atoms with Crippen LogP contribution in [0.3, 0.4) is 0 Å². The van der Waals surface area contributed by atoms with Gasteiger partial charge in [0.25, 0.3) is 0 Å². The molecule has 2 saturated heterocycles. The second-order valence-corrected chi connectivity index (χ2v) is 5.59. The summed E-state index contributed by atoms with van der Waals surface area (Å²) in [6, 6.07) is 8.04. The number of benzene rings is 1. The summed E-state index contributed by atoms with van der Waals surface area (Å²) in [7, 11) is 0. The number of hydrogen-bond donors (Lipinski definition) is 1. The molecule has 1 aromatic rings. The average molecular weight is 248 g/mol. The number of fused-ring (bicyclic) bond motifs is 1. The van der Waals surface area contributed by atoms with Crippen molar-refractivity contribution in [3.8, 4) is 0 Å². The molecule has 98 valence electrons. The molecule has 2 nitrogen and oxygen atoms in total. The van der Waals surface area contributed by atoms with Gasteiger partial charge in [0, 0.05) is 18.6 Å². The minimum absolute atomic E-state index is 0.148. The Balaban J connectivity index is 1.78. The van der Waals surface area contributed by atoms with E-state index in [1.807, 2.05) is 12.1 Å². The molecule has 2 fully saturated rings. The molecule has 18 heavy (non-hydrogen) atoms. The number of piperidine rings is 1. The van der Waals surface area contributed by atoms with Crippen molar-refractivity contribution in [3.05, 3.63) is 35.6 Å². The highest BCUT2D eigenvalue weighted by molar-refractivity contribution is 5.20. The highest BCUT2D eigenvalue weighted by atomic mass is 19.1. The zero-order chi connectivity index (χ0) is 12.5. The molecule has 3 atom stereocenters. The lowest BCUT2D eigenvalue weighted by molar-refractivity contribution is 0.0847. The minimum atomic E-state index is -0.148. The number of hydrogen-bond acceptors (Lipinski definition) is 2. The van der Waals surface area contributed by atoms with Gasteiger partial charge in [-0.2, -0.15) is 0 Å². The Labute approximate surface area is 108 Å². The van der Waals surface area contributed by atoms with Crippen molar-refractivity contribution in [2.75, 3.05) is 19.6 Å². The van der Waals surface area contributed by atoms with Gasteiger partial charge in [-0.1, -0.05) is 12.1 Å². The Kier molecular flexibility index (Phi) is 3.35. The van der Waals surface area contributed by atoms with E-state index in [-0.39, 0.29) is 5.82 Å². The van der Waals surface area contributed by atoms with Crippen LogP contribution >= 0.6 is 0 Å². The maximum absolute atomic E-state index is 13.0. The third kappa shape index (κ3) is 2.17. The number of nitrogens with zero attached hydrogens (tertiary/aromatic N) is 1. The predicted octanol–water partition coefficient (Wildman–Crippen LogP) is 2.57. The van der Waals surface area contributed by atoms with Crippen molar-refractivity contribution >= 4 is 0 Å². The number of halogens is 1. The van der Waals surface area contributed by atoms with E-state index in [2.05, 4.69) is 17.1 Å². The van der Waals surface area contributed by atoms with E-state index in [1.165, 1.54) is 24.9 Å². The molecule has 2 aliphatic rings. The first-order valence-corrected chi connectivity index (χ1v) is 6.97. The van der Waals surface area contributed by atoms with Crippen LogP contribution in [0.25, 0.3) is 0 Å². The molecule has 2 aliphatic heterocycles. The third-order valence-electron chi connectivity index (χ3n) is 4.57. The van der Waals surface area contributed by atoms with Crippen LogP contribution in [0.15, 0.2) is 24.3 Å². The van der Waals surface area contributed by atoms with Gasteiger partial charge in [-0.25, -0.2) is 4.39 Å². The van der Waals surface area contributed by atoms with Gasteiger partial charge in [0.15, 0.2) is 0 Å². The summed E-state index contributed by atoms with van der Waals surface area (Å²) in [6.07, 6.45) is 2.64. The van der Waals surface area contributed by atoms with E-state index in [4.69, 9.17) is 0 Å². The van der Waals surface area contributed by atoms with Crippen LogP contribution in [0.2, 0.25) is 0 Å². The molecule has 2 heterocycles. The van der Waals surface area contributed by atoms with Crippen LogP contribution in [0, 0.1) is 11.7 Å². The number of nitrogens with one attached hydrogen (secondary N) is 1. The van der Waals surface area contributed by atoms with E-state index in [9.17, 15) is 4.39 Å². The lowest BCUT2D eigenvalue weighted by Gasteiger charge is -2.41. The zero-order valence-electron chi connectivity index (χ0n) is 10.9. The van der Waals surface area contributed by atoms with Gasteiger partial charge in [-0.3, -0.25) is 4.90 Å². The first kappa shape index (κ1) is 12.1. The Morgan fingerprint density at radius 1 is 1.28 bits per heavy atom. The Hall–Kier alpha value is -0.930. The summed E-state index contributed by atoms with van der Waals surface area (Å²) in [5, 5.41) is 3.51. The summed E-state index contributed by atoms with van der Waals surface area (Å²) in [5.41, 5.74) is 1.23. The fourth-order valence-corrected chi connectivity index (χ4v) is 3.52. The maximum atomic E-state index is 13.0. The van der Waals surface area contributed by atoms with Gasteiger partial charge in [0.1, 0.15) is 5.82 Å². The normalized spacial score (nSPS) is 30.1. The standard InChI is InChI=1S/C15H21FN2/c1-11(12-4-6-14(16)7-5-12)18-8-2-3-13-9-17-10-15(13)18/h4-7,11,13,15,17H,2-3,8-10H2,1H3. The molecule has 0 radical (unpaired) electrons. The topological polar surface area (TPSA) is 15.3 Å². The predicted molar refractivity (Wildman–Crippen MR) is 70.9 cm³/mol. The molecule has 3 unspecified atom stereocenters. The van der Waals surface area contributed by atoms with Crippen LogP contribution < -0.4 is 5.32 Å². The quantitative estimate of drug-likeness (QED) is 0.865. The van der Waals surface area contributed by atoms with Crippen LogP contribution in [0.1, 0.15) is 31.4 Å². The largest absolute Gasteiger partial charge is 0.315 e. The Bertz CT molecular complexity index is 403. The molecule has 3 rings (SSSR count). The van der Waals surface area contributed by atoms with E-state index in [1.54, 1.807) is 12.1 Å². The highest BCUT2D eigenvalue weighted by Crippen LogP contribution is 2.33. The van der Waals surface area contributed by atoms with Gasteiger partial charge in [-0.05, 0) is 56.5 Å². The summed E-state index contributed by atoms with van der Waals surface area (Å²) >= 11 is 0. The van der Waals surface area contributed by atoms with Crippen molar-refractivity contribution in [2.45, 2.75) is 31.8 Å². The third-order valence-corrected chi connectivity index (χ3v) is 4.57. The molecular weight excluding hydrogens is 227 g/mol. The van der Waals surface area contributed by atoms with Crippen molar-refractivity contribution in [3.63, 3.8) is 0 Å². The van der Waals surface area contributed by atoms with E-state index < -0.39 is 0 Å². The van der Waals surface area contributed by atoms with Crippen LogP contribution in [-0.2, 0) is 0 Å². The molecule has 0 aromatic heterocycles. The van der Waals surface area contributed by atoms with Gasteiger partial charge in [0.2, 0.25) is 0 Å². The van der Waals surface area contributed by atoms with Crippen LogP contribution in [0.4, 0.5) is 4.39 Å². The van der Waals surface area contributed by atoms with E-state index in [0.29, 0.717) is 12.1 Å². The van der Waals surface area contributed by atoms with Gasteiger partial charge in [0.05, 0.1) is 0 Å². The summed E-state index contributed by atoms with van der Waals surface area (Å²) in [5.74, 6) is 0.659. The smallest absolute Gasteiger partial charge is 0.123 e. The number of rotatable bonds is 2. The lowest BCUT2D eigenvalue weighted by atomic mass is 9.90. The molecule has 0 saturated carbocycles. The first-order valence-electron chi connectivity index (χ1n) is 6.97. The molecule has 0 aliphatic carbocycles. The van der Waals surface area contributed by atoms with Crippen LogP contribution in [-0.4, -0.2) is 30.6 Å². The van der Waals surface area contributed by atoms with Gasteiger partial charge >= 0.3 is 0 Å². The molecule has 0 bridgehead atoms.